The second-order valence-corrected chi connectivity index (χ2v) is 3.13. The fraction of sp³-hybridized carbons (Fsp3) is 0.273. The summed E-state index contributed by atoms with van der Waals surface area (Å²) in [4.78, 5) is 11.2. The van der Waals surface area contributed by atoms with Crippen molar-refractivity contribution in [2.45, 2.75) is 0 Å². The molecule has 5 nitrogen and oxygen atoms in total. The molecule has 0 unspecified atom stereocenters. The zero-order valence-corrected chi connectivity index (χ0v) is 9.29. The summed E-state index contributed by atoms with van der Waals surface area (Å²) in [5, 5.41) is 13.2. The van der Waals surface area contributed by atoms with Crippen molar-refractivity contribution in [2.24, 2.45) is 0 Å². The van der Waals surface area contributed by atoms with Crippen molar-refractivity contribution in [2.75, 3.05) is 25.5 Å². The van der Waals surface area contributed by atoms with Gasteiger partial charge < -0.3 is 15.4 Å². The van der Waals surface area contributed by atoms with Gasteiger partial charge in [0.1, 0.15) is 18.1 Å². The van der Waals surface area contributed by atoms with E-state index in [2.05, 4.69) is 10.6 Å². The van der Waals surface area contributed by atoms with Crippen molar-refractivity contribution >= 4 is 11.6 Å². The molecule has 0 fully saturated rings. The molecular formula is C11H12FN3O2. The zero-order chi connectivity index (χ0) is 12.7. The molecule has 0 aliphatic rings. The Labute approximate surface area is 98.2 Å². The monoisotopic (exact) mass is 237 g/mol. The van der Waals surface area contributed by atoms with E-state index in [9.17, 15) is 9.18 Å². The second kappa shape index (κ2) is 6.33. The molecule has 90 valence electrons. The lowest BCUT2D eigenvalue weighted by atomic mass is 10.3. The van der Waals surface area contributed by atoms with Gasteiger partial charge in [0.05, 0.1) is 25.4 Å². The second-order valence-electron chi connectivity index (χ2n) is 3.13. The maximum Gasteiger partial charge on any atom is 0.240 e. The molecule has 0 aliphatic heterocycles. The summed E-state index contributed by atoms with van der Waals surface area (Å²) >= 11 is 0. The lowest BCUT2D eigenvalue weighted by Crippen LogP contribution is -2.30. The van der Waals surface area contributed by atoms with Gasteiger partial charge in [-0.1, -0.05) is 0 Å². The summed E-state index contributed by atoms with van der Waals surface area (Å²) in [6.07, 6.45) is 0. The number of nitrogens with one attached hydrogen (secondary N) is 2. The van der Waals surface area contributed by atoms with Gasteiger partial charge in [0.2, 0.25) is 5.91 Å². The maximum atomic E-state index is 13.3. The lowest BCUT2D eigenvalue weighted by molar-refractivity contribution is -0.119. The van der Waals surface area contributed by atoms with Gasteiger partial charge >= 0.3 is 0 Å². The Balaban J connectivity index is 2.57. The van der Waals surface area contributed by atoms with E-state index in [0.717, 1.165) is 0 Å². The van der Waals surface area contributed by atoms with E-state index in [1.165, 1.54) is 25.3 Å². The largest absolute Gasteiger partial charge is 0.497 e. The third-order valence-corrected chi connectivity index (χ3v) is 1.98. The summed E-state index contributed by atoms with van der Waals surface area (Å²) in [6.45, 7) is -0.174. The molecule has 0 saturated heterocycles. The molecule has 0 aliphatic carbocycles. The van der Waals surface area contributed by atoms with Crippen LogP contribution in [0.4, 0.5) is 10.1 Å². The van der Waals surface area contributed by atoms with Crippen molar-refractivity contribution in [3.05, 3.63) is 24.0 Å². The Morgan fingerprint density at radius 3 is 3.00 bits per heavy atom. The molecule has 17 heavy (non-hydrogen) atoms. The highest BCUT2D eigenvalue weighted by Crippen LogP contribution is 2.20. The number of amides is 1. The van der Waals surface area contributed by atoms with E-state index in [0.29, 0.717) is 5.75 Å². The first-order chi connectivity index (χ1) is 8.17. The fourth-order valence-corrected chi connectivity index (χ4v) is 1.14. The Hall–Kier alpha value is -2.29. The van der Waals surface area contributed by atoms with Crippen molar-refractivity contribution in [3.63, 3.8) is 0 Å². The summed E-state index contributed by atoms with van der Waals surface area (Å²) < 4.78 is 18.2. The normalized spacial score (nSPS) is 9.24. The highest BCUT2D eigenvalue weighted by atomic mass is 19.1. The third-order valence-electron chi connectivity index (χ3n) is 1.98. The van der Waals surface area contributed by atoms with Gasteiger partial charge in [0.15, 0.2) is 0 Å². The average molecular weight is 237 g/mol. The standard InChI is InChI=1S/C11H12FN3O2/c1-17-8-2-3-9(12)10(6-8)15-7-11(16)14-5-4-13/h2-3,6,15H,5,7H2,1H3,(H,14,16). The van der Waals surface area contributed by atoms with E-state index in [1.807, 2.05) is 0 Å². The van der Waals surface area contributed by atoms with Gasteiger partial charge in [-0.3, -0.25) is 4.79 Å². The number of rotatable bonds is 5. The first kappa shape index (κ1) is 12.8. The van der Waals surface area contributed by atoms with Crippen LogP contribution in [0.25, 0.3) is 0 Å². The molecule has 1 aromatic carbocycles. The van der Waals surface area contributed by atoms with E-state index < -0.39 is 5.82 Å². The molecule has 1 amide bonds. The van der Waals surface area contributed by atoms with Gasteiger partial charge in [0, 0.05) is 6.07 Å². The van der Waals surface area contributed by atoms with Crippen LogP contribution in [0, 0.1) is 17.1 Å². The van der Waals surface area contributed by atoms with Crippen LogP contribution in [-0.2, 0) is 4.79 Å². The molecule has 0 radical (unpaired) electrons. The van der Waals surface area contributed by atoms with Crippen molar-refractivity contribution in [3.8, 4) is 11.8 Å². The quantitative estimate of drug-likeness (QED) is 0.746. The molecule has 1 rings (SSSR count). The van der Waals surface area contributed by atoms with Crippen molar-refractivity contribution in [1.29, 1.82) is 5.26 Å². The van der Waals surface area contributed by atoms with Crippen LogP contribution in [0.3, 0.4) is 0 Å². The minimum atomic E-state index is -0.473. The molecule has 1 aromatic rings. The predicted octanol–water partition coefficient (Wildman–Crippen LogP) is 0.886. The van der Waals surface area contributed by atoms with Crippen LogP contribution in [-0.4, -0.2) is 26.1 Å². The molecule has 0 spiro atoms. The van der Waals surface area contributed by atoms with Crippen LogP contribution < -0.4 is 15.4 Å². The number of hydrogen-bond donors (Lipinski definition) is 2. The molecule has 0 atom stereocenters. The predicted molar refractivity (Wildman–Crippen MR) is 60.1 cm³/mol. The minimum absolute atomic E-state index is 0.0683. The van der Waals surface area contributed by atoms with E-state index >= 15 is 0 Å². The van der Waals surface area contributed by atoms with Crippen molar-refractivity contribution < 1.29 is 13.9 Å². The van der Waals surface area contributed by atoms with E-state index in [1.54, 1.807) is 6.07 Å². The molecule has 2 N–H and O–H groups in total. The number of carbonyl (C=O) groups is 1. The van der Waals surface area contributed by atoms with Gasteiger partial charge in [-0.05, 0) is 12.1 Å². The molecule has 0 heterocycles. The Morgan fingerprint density at radius 2 is 2.35 bits per heavy atom. The van der Waals surface area contributed by atoms with Gasteiger partial charge in [-0.2, -0.15) is 5.26 Å². The topological polar surface area (TPSA) is 74.2 Å². The van der Waals surface area contributed by atoms with E-state index in [-0.39, 0.29) is 24.7 Å². The van der Waals surface area contributed by atoms with E-state index in [4.69, 9.17) is 10.00 Å². The number of hydrogen-bond acceptors (Lipinski definition) is 4. The highest BCUT2D eigenvalue weighted by molar-refractivity contribution is 5.80. The Kier molecular flexibility index (Phi) is 4.76. The number of carbonyl (C=O) groups excluding carboxylic acids is 1. The number of nitriles is 1. The van der Waals surface area contributed by atoms with Crippen LogP contribution in [0.5, 0.6) is 5.75 Å². The highest BCUT2D eigenvalue weighted by Gasteiger charge is 2.05. The average Bonchev–Trinajstić information content (AvgIpc) is 2.35. The van der Waals surface area contributed by atoms with Crippen LogP contribution in [0.2, 0.25) is 0 Å². The SMILES string of the molecule is COc1ccc(F)c(NCC(=O)NCC#N)c1. The molecule has 0 bridgehead atoms. The summed E-state index contributed by atoms with van der Waals surface area (Å²) in [7, 11) is 1.47. The molecule has 0 aromatic heterocycles. The van der Waals surface area contributed by atoms with Crippen LogP contribution >= 0.6 is 0 Å². The molecule has 6 heteroatoms. The number of methoxy groups -OCH3 is 1. The first-order valence-corrected chi connectivity index (χ1v) is 4.88. The fourth-order valence-electron chi connectivity index (χ4n) is 1.14. The Bertz CT molecular complexity index is 443. The number of nitrogens with zero attached hydrogens (tertiary/aromatic N) is 1. The minimum Gasteiger partial charge on any atom is -0.497 e. The number of ether oxygens (including phenoxy) is 1. The van der Waals surface area contributed by atoms with Crippen molar-refractivity contribution in [1.82, 2.24) is 5.32 Å². The first-order valence-electron chi connectivity index (χ1n) is 4.88. The zero-order valence-electron chi connectivity index (χ0n) is 9.29. The molecular weight excluding hydrogens is 225 g/mol. The number of anilines is 1. The molecule has 0 saturated carbocycles. The third kappa shape index (κ3) is 3.99. The summed E-state index contributed by atoms with van der Waals surface area (Å²) in [5.74, 6) is -0.362. The summed E-state index contributed by atoms with van der Waals surface area (Å²) in [5.41, 5.74) is 0.177. The van der Waals surface area contributed by atoms with Gasteiger partial charge in [-0.25, -0.2) is 4.39 Å². The van der Waals surface area contributed by atoms with Gasteiger partial charge in [-0.15, -0.1) is 0 Å². The Morgan fingerprint density at radius 1 is 1.59 bits per heavy atom. The maximum absolute atomic E-state index is 13.3. The number of halogens is 1. The lowest BCUT2D eigenvalue weighted by Gasteiger charge is -2.08. The van der Waals surface area contributed by atoms with Gasteiger partial charge in [0.25, 0.3) is 0 Å². The number of benzene rings is 1. The van der Waals surface area contributed by atoms with Crippen LogP contribution in [0.15, 0.2) is 18.2 Å². The smallest absolute Gasteiger partial charge is 0.240 e. The summed E-state index contributed by atoms with van der Waals surface area (Å²) in [6, 6.07) is 5.95. The van der Waals surface area contributed by atoms with Crippen LogP contribution in [0.1, 0.15) is 0 Å².